The average molecular weight is 418 g/mol. The van der Waals surface area contributed by atoms with Crippen LogP contribution in [0.3, 0.4) is 0 Å². The average Bonchev–Trinajstić information content (AvgIpc) is 2.64. The van der Waals surface area contributed by atoms with E-state index in [9.17, 15) is 4.79 Å². The molecule has 1 heterocycles. The maximum Gasteiger partial charge on any atom is 0.171 e. The molecule has 4 aliphatic rings. The van der Waals surface area contributed by atoms with Crippen molar-refractivity contribution in [1.29, 1.82) is 0 Å². The summed E-state index contributed by atoms with van der Waals surface area (Å²) in [6.45, 7) is 2.42. The van der Waals surface area contributed by atoms with E-state index in [2.05, 4.69) is 38.8 Å². The summed E-state index contributed by atoms with van der Waals surface area (Å²) in [5.74, 6) is 2.00. The Balaban J connectivity index is 1.74. The lowest BCUT2D eigenvalue weighted by Crippen LogP contribution is -2.54. The molecule has 0 radical (unpaired) electrons. The van der Waals surface area contributed by atoms with Crippen molar-refractivity contribution in [3.05, 3.63) is 19.2 Å². The van der Waals surface area contributed by atoms with Crippen LogP contribution in [0.15, 0.2) is 13.6 Å². The summed E-state index contributed by atoms with van der Waals surface area (Å²) in [6.07, 6.45) is 7.47. The minimum Gasteiger partial charge on any atom is -0.293 e. The van der Waals surface area contributed by atoms with Gasteiger partial charge in [-0.2, -0.15) is 0 Å². The van der Waals surface area contributed by atoms with Crippen LogP contribution in [0.4, 0.5) is 0 Å². The topological polar surface area (TPSA) is 17.1 Å². The maximum absolute atomic E-state index is 13.2. The second kappa shape index (κ2) is 4.42. The van der Waals surface area contributed by atoms with Crippen molar-refractivity contribution in [2.75, 3.05) is 0 Å². The lowest BCUT2D eigenvalue weighted by atomic mass is 9.43. The summed E-state index contributed by atoms with van der Waals surface area (Å²) in [4.78, 5) is 13.2. The predicted molar refractivity (Wildman–Crippen MR) is 89.3 cm³/mol. The summed E-state index contributed by atoms with van der Waals surface area (Å²) in [6, 6.07) is 2.01. The van der Waals surface area contributed by atoms with Crippen molar-refractivity contribution in [1.82, 2.24) is 0 Å². The summed E-state index contributed by atoms with van der Waals surface area (Å²) < 4.78 is 2.04. The fourth-order valence-electron chi connectivity index (χ4n) is 5.77. The molecule has 0 saturated heterocycles. The van der Waals surface area contributed by atoms with Crippen LogP contribution in [0.25, 0.3) is 0 Å². The minimum atomic E-state index is -0.0537. The Labute approximate surface area is 140 Å². The zero-order chi connectivity index (χ0) is 14.1. The van der Waals surface area contributed by atoms with Gasteiger partial charge in [0.1, 0.15) is 0 Å². The summed E-state index contributed by atoms with van der Waals surface area (Å²) in [5, 5.41) is 0. The Bertz CT molecular complexity index is 577. The quantitative estimate of drug-likeness (QED) is 0.534. The zero-order valence-corrected chi connectivity index (χ0v) is 15.5. The van der Waals surface area contributed by atoms with E-state index >= 15 is 0 Å². The number of thiophene rings is 1. The van der Waals surface area contributed by atoms with Crippen LogP contribution in [-0.4, -0.2) is 5.78 Å². The summed E-state index contributed by atoms with van der Waals surface area (Å²) >= 11 is 8.70. The van der Waals surface area contributed by atoms with Gasteiger partial charge in [0.25, 0.3) is 0 Å². The molecule has 5 rings (SSSR count). The molecule has 0 amide bonds. The lowest BCUT2D eigenvalue weighted by Gasteiger charge is -2.60. The van der Waals surface area contributed by atoms with Gasteiger partial charge in [-0.1, -0.05) is 6.92 Å². The van der Waals surface area contributed by atoms with Crippen LogP contribution in [0.2, 0.25) is 0 Å². The molecule has 0 aromatic carbocycles. The monoisotopic (exact) mass is 416 g/mol. The first-order valence-corrected chi connectivity index (χ1v) is 9.79. The highest BCUT2D eigenvalue weighted by molar-refractivity contribution is 9.12. The molecule has 2 unspecified atom stereocenters. The van der Waals surface area contributed by atoms with Gasteiger partial charge in [-0.05, 0) is 93.7 Å². The molecule has 1 aromatic heterocycles. The Hall–Kier alpha value is 0.330. The molecule has 1 aromatic rings. The normalized spacial score (nSPS) is 42.1. The first-order valence-electron chi connectivity index (χ1n) is 7.39. The van der Waals surface area contributed by atoms with Crippen LogP contribution in [0.1, 0.15) is 55.8 Å². The molecule has 0 spiro atoms. The number of hydrogen-bond acceptors (Lipinski definition) is 2. The number of hydrogen-bond donors (Lipinski definition) is 0. The van der Waals surface area contributed by atoms with E-state index in [4.69, 9.17) is 0 Å². The van der Waals surface area contributed by atoms with Crippen molar-refractivity contribution < 1.29 is 4.79 Å². The molecule has 108 valence electrons. The molecule has 4 saturated carbocycles. The lowest BCUT2D eigenvalue weighted by molar-refractivity contribution is -0.0820. The molecule has 4 aliphatic carbocycles. The van der Waals surface area contributed by atoms with Gasteiger partial charge in [-0.15, -0.1) is 11.3 Å². The van der Waals surface area contributed by atoms with Crippen molar-refractivity contribution in [3.8, 4) is 0 Å². The van der Waals surface area contributed by atoms with E-state index in [1.807, 2.05) is 6.07 Å². The van der Waals surface area contributed by atoms with Gasteiger partial charge in [0.2, 0.25) is 0 Å². The first-order chi connectivity index (χ1) is 9.39. The molecular weight excluding hydrogens is 400 g/mol. The Morgan fingerprint density at radius 3 is 2.40 bits per heavy atom. The third-order valence-electron chi connectivity index (χ3n) is 5.74. The number of carbonyl (C=O) groups is 1. The summed E-state index contributed by atoms with van der Waals surface area (Å²) in [5.41, 5.74) is 1.29. The van der Waals surface area contributed by atoms with E-state index in [1.165, 1.54) is 19.3 Å². The Morgan fingerprint density at radius 2 is 1.90 bits per heavy atom. The van der Waals surface area contributed by atoms with Gasteiger partial charge >= 0.3 is 0 Å². The van der Waals surface area contributed by atoms with Crippen LogP contribution in [0, 0.1) is 22.7 Å². The molecule has 20 heavy (non-hydrogen) atoms. The molecule has 4 fully saturated rings. The van der Waals surface area contributed by atoms with Crippen molar-refractivity contribution >= 4 is 49.0 Å². The standard InChI is InChI=1S/C16H18Br2OS/c1-15-4-9-2-10(5-15)7-16(6-9,8-15)13(19)11-3-12(17)20-14(11)18/h3,9-10H,2,4-8H2,1H3. The van der Waals surface area contributed by atoms with Crippen molar-refractivity contribution in [2.45, 2.75) is 45.4 Å². The second-order valence-electron chi connectivity index (χ2n) is 7.62. The van der Waals surface area contributed by atoms with Crippen LogP contribution in [-0.2, 0) is 0 Å². The fourth-order valence-corrected chi connectivity index (χ4v) is 8.56. The SMILES string of the molecule is CC12CC3CC(C1)CC(C(=O)c1cc(Br)sc1Br)(C3)C2. The van der Waals surface area contributed by atoms with E-state index in [0.29, 0.717) is 11.2 Å². The molecule has 4 bridgehead atoms. The first kappa shape index (κ1) is 14.0. The molecule has 1 nitrogen and oxygen atoms in total. The van der Waals surface area contributed by atoms with Gasteiger partial charge in [0.05, 0.1) is 7.57 Å². The third-order valence-corrected chi connectivity index (χ3v) is 8.08. The Morgan fingerprint density at radius 1 is 1.25 bits per heavy atom. The molecule has 2 atom stereocenters. The largest absolute Gasteiger partial charge is 0.293 e. The van der Waals surface area contributed by atoms with Gasteiger partial charge in [-0.25, -0.2) is 0 Å². The zero-order valence-electron chi connectivity index (χ0n) is 11.5. The van der Waals surface area contributed by atoms with Gasteiger partial charge in [0, 0.05) is 11.0 Å². The summed E-state index contributed by atoms with van der Waals surface area (Å²) in [7, 11) is 0. The van der Waals surface area contributed by atoms with E-state index in [1.54, 1.807) is 11.3 Å². The fraction of sp³-hybridized carbons (Fsp3) is 0.688. The Kier molecular flexibility index (Phi) is 3.08. The van der Waals surface area contributed by atoms with Crippen LogP contribution >= 0.6 is 43.2 Å². The smallest absolute Gasteiger partial charge is 0.171 e. The van der Waals surface area contributed by atoms with E-state index in [-0.39, 0.29) is 5.41 Å². The van der Waals surface area contributed by atoms with Gasteiger partial charge in [-0.3, -0.25) is 4.79 Å². The third kappa shape index (κ3) is 2.01. The van der Waals surface area contributed by atoms with Crippen LogP contribution < -0.4 is 0 Å². The number of carbonyl (C=O) groups excluding carboxylic acids is 1. The number of ketones is 1. The van der Waals surface area contributed by atoms with Crippen molar-refractivity contribution in [3.63, 3.8) is 0 Å². The van der Waals surface area contributed by atoms with E-state index < -0.39 is 0 Å². The molecular formula is C16H18Br2OS. The highest BCUT2D eigenvalue weighted by Crippen LogP contribution is 2.66. The highest BCUT2D eigenvalue weighted by Gasteiger charge is 2.58. The van der Waals surface area contributed by atoms with Gasteiger partial charge < -0.3 is 0 Å². The van der Waals surface area contributed by atoms with E-state index in [0.717, 1.165) is 44.2 Å². The number of halogens is 2. The number of rotatable bonds is 2. The van der Waals surface area contributed by atoms with Crippen molar-refractivity contribution in [2.24, 2.45) is 22.7 Å². The molecule has 0 aliphatic heterocycles. The minimum absolute atomic E-state index is 0.0537. The van der Waals surface area contributed by atoms with Gasteiger partial charge in [0.15, 0.2) is 5.78 Å². The second-order valence-corrected chi connectivity index (χ2v) is 11.4. The maximum atomic E-state index is 13.2. The predicted octanol–water partition coefficient (Wildman–Crippen LogP) is 6.06. The molecule has 4 heteroatoms. The highest BCUT2D eigenvalue weighted by atomic mass is 79.9. The number of Topliss-reactive ketones (excluding diaryl/α,β-unsaturated/α-hetero) is 1. The van der Waals surface area contributed by atoms with Crippen LogP contribution in [0.5, 0.6) is 0 Å². The molecule has 0 N–H and O–H groups in total.